The molecule has 0 atom stereocenters. The third kappa shape index (κ3) is 5.99. The van der Waals surface area contributed by atoms with E-state index in [4.69, 9.17) is 17.0 Å². The van der Waals surface area contributed by atoms with Gasteiger partial charge in [0, 0.05) is 19.5 Å². The summed E-state index contributed by atoms with van der Waals surface area (Å²) in [4.78, 5) is 26.8. The van der Waals surface area contributed by atoms with Crippen molar-refractivity contribution in [1.29, 1.82) is 0 Å². The molecule has 1 saturated heterocycles. The van der Waals surface area contributed by atoms with Crippen LogP contribution in [0.1, 0.15) is 17.5 Å². The van der Waals surface area contributed by atoms with Crippen molar-refractivity contribution in [2.75, 3.05) is 20.2 Å². The summed E-state index contributed by atoms with van der Waals surface area (Å²) < 4.78 is 5.56. The lowest BCUT2D eigenvalue weighted by Gasteiger charge is -2.14. The summed E-state index contributed by atoms with van der Waals surface area (Å²) in [5.74, 6) is -0.0505. The van der Waals surface area contributed by atoms with Crippen LogP contribution in [0.4, 0.5) is 0 Å². The maximum Gasteiger partial charge on any atom is 0.266 e. The van der Waals surface area contributed by atoms with E-state index < -0.39 is 0 Å². The highest BCUT2D eigenvalue weighted by Gasteiger charge is 2.32. The Morgan fingerprint density at radius 1 is 1.19 bits per heavy atom. The summed E-state index contributed by atoms with van der Waals surface area (Å²) in [5.41, 5.74) is 1.65. The number of thiocarbonyl (C=S) groups is 1. The molecule has 2 amide bonds. The van der Waals surface area contributed by atoms with Gasteiger partial charge in [-0.3, -0.25) is 14.5 Å². The van der Waals surface area contributed by atoms with Crippen molar-refractivity contribution in [3.05, 3.63) is 58.5 Å². The minimum Gasteiger partial charge on any atom is -0.504 e. The quantitative estimate of drug-likeness (QED) is 0.318. The van der Waals surface area contributed by atoms with E-state index in [-0.39, 0.29) is 36.3 Å². The van der Waals surface area contributed by atoms with E-state index in [0.29, 0.717) is 22.2 Å². The van der Waals surface area contributed by atoms with E-state index in [1.54, 1.807) is 19.3 Å². The number of benzene rings is 2. The molecule has 162 valence electrons. The molecule has 3 N–H and O–H groups in total. The van der Waals surface area contributed by atoms with Gasteiger partial charge in [0.15, 0.2) is 11.5 Å². The normalized spacial score (nSPS) is 14.9. The van der Waals surface area contributed by atoms with Gasteiger partial charge in [0.05, 0.1) is 12.0 Å². The Morgan fingerprint density at radius 2 is 1.94 bits per heavy atom. The lowest BCUT2D eigenvalue weighted by atomic mass is 10.1. The standard InChI is InChI=1S/C22H22N2O5S2/c1-29-16-5-2-14(3-6-16)13-19-21(28)24(22(30)31-19)11-9-20(27)23-10-8-15-4-7-17(25)18(26)12-15/h2-7,12-13,25-26H,8-11H2,1H3,(H,23,27)/b19-13+. The molecule has 31 heavy (non-hydrogen) atoms. The lowest BCUT2D eigenvalue weighted by molar-refractivity contribution is -0.123. The number of nitrogens with zero attached hydrogens (tertiary/aromatic N) is 1. The molecule has 1 aliphatic rings. The molecule has 0 saturated carbocycles. The van der Waals surface area contributed by atoms with Gasteiger partial charge in [0.1, 0.15) is 10.1 Å². The Morgan fingerprint density at radius 3 is 2.61 bits per heavy atom. The van der Waals surface area contributed by atoms with Gasteiger partial charge in [-0.05, 0) is 47.9 Å². The highest BCUT2D eigenvalue weighted by atomic mass is 32.2. The first-order valence-electron chi connectivity index (χ1n) is 9.54. The molecule has 1 heterocycles. The first-order chi connectivity index (χ1) is 14.9. The minimum absolute atomic E-state index is 0.128. The highest BCUT2D eigenvalue weighted by molar-refractivity contribution is 8.26. The first kappa shape index (κ1) is 22.6. The maximum absolute atomic E-state index is 12.7. The van der Waals surface area contributed by atoms with Gasteiger partial charge in [0.2, 0.25) is 5.91 Å². The van der Waals surface area contributed by atoms with Gasteiger partial charge in [-0.15, -0.1) is 0 Å². The summed E-state index contributed by atoms with van der Waals surface area (Å²) in [6.45, 7) is 0.579. The number of aromatic hydroxyl groups is 2. The van der Waals surface area contributed by atoms with Crippen LogP contribution in [0.15, 0.2) is 47.4 Å². The average Bonchev–Trinajstić information content (AvgIpc) is 3.02. The van der Waals surface area contributed by atoms with E-state index in [2.05, 4.69) is 5.32 Å². The molecule has 0 aliphatic carbocycles. The fourth-order valence-corrected chi connectivity index (χ4v) is 4.23. The van der Waals surface area contributed by atoms with Crippen LogP contribution in [0.25, 0.3) is 6.08 Å². The molecule has 1 aliphatic heterocycles. The van der Waals surface area contributed by atoms with Crippen LogP contribution in [0, 0.1) is 0 Å². The molecular formula is C22H22N2O5S2. The highest BCUT2D eigenvalue weighted by Crippen LogP contribution is 2.32. The van der Waals surface area contributed by atoms with Crippen LogP contribution in [0.5, 0.6) is 17.2 Å². The Hall–Kier alpha value is -3.04. The monoisotopic (exact) mass is 458 g/mol. The third-order valence-corrected chi connectivity index (χ3v) is 6.00. The molecule has 2 aromatic carbocycles. The Kier molecular flexibility index (Phi) is 7.54. The first-order valence-corrected chi connectivity index (χ1v) is 10.8. The molecule has 0 unspecified atom stereocenters. The number of hydrogen-bond donors (Lipinski definition) is 3. The molecule has 0 radical (unpaired) electrons. The second-order valence-corrected chi connectivity index (χ2v) is 8.46. The third-order valence-electron chi connectivity index (χ3n) is 4.63. The Balaban J connectivity index is 1.48. The number of hydrogen-bond acceptors (Lipinski definition) is 7. The van der Waals surface area contributed by atoms with Crippen molar-refractivity contribution >= 4 is 46.2 Å². The van der Waals surface area contributed by atoms with Gasteiger partial charge >= 0.3 is 0 Å². The minimum atomic E-state index is -0.210. The van der Waals surface area contributed by atoms with E-state index in [0.717, 1.165) is 16.9 Å². The molecule has 1 fully saturated rings. The molecule has 9 heteroatoms. The smallest absolute Gasteiger partial charge is 0.266 e. The van der Waals surface area contributed by atoms with Crippen molar-refractivity contribution in [2.45, 2.75) is 12.8 Å². The Labute approximate surface area is 189 Å². The van der Waals surface area contributed by atoms with Gasteiger partial charge in [-0.1, -0.05) is 42.2 Å². The zero-order valence-corrected chi connectivity index (χ0v) is 18.5. The summed E-state index contributed by atoms with van der Waals surface area (Å²) >= 11 is 6.53. The van der Waals surface area contributed by atoms with Crippen molar-refractivity contribution < 1.29 is 24.5 Å². The van der Waals surface area contributed by atoms with E-state index >= 15 is 0 Å². The van der Waals surface area contributed by atoms with Crippen LogP contribution >= 0.6 is 24.0 Å². The number of phenols is 2. The number of phenolic OH excluding ortho intramolecular Hbond substituents is 2. The summed E-state index contributed by atoms with van der Waals surface area (Å²) in [7, 11) is 1.59. The second-order valence-electron chi connectivity index (χ2n) is 6.78. The van der Waals surface area contributed by atoms with Crippen molar-refractivity contribution in [3.63, 3.8) is 0 Å². The lowest BCUT2D eigenvalue weighted by Crippen LogP contribution is -2.34. The average molecular weight is 459 g/mol. The van der Waals surface area contributed by atoms with Crippen LogP contribution in [0.2, 0.25) is 0 Å². The molecule has 2 aromatic rings. The number of rotatable bonds is 8. The van der Waals surface area contributed by atoms with Gasteiger partial charge in [-0.2, -0.15) is 0 Å². The molecule has 0 spiro atoms. The van der Waals surface area contributed by atoms with Crippen LogP contribution in [-0.2, 0) is 16.0 Å². The molecular weight excluding hydrogens is 436 g/mol. The summed E-state index contributed by atoms with van der Waals surface area (Å²) in [6.07, 6.45) is 2.40. The van der Waals surface area contributed by atoms with Gasteiger partial charge in [0.25, 0.3) is 5.91 Å². The number of amides is 2. The van der Waals surface area contributed by atoms with E-state index in [9.17, 15) is 19.8 Å². The van der Waals surface area contributed by atoms with Gasteiger partial charge in [-0.25, -0.2) is 0 Å². The number of thioether (sulfide) groups is 1. The van der Waals surface area contributed by atoms with E-state index in [1.165, 1.54) is 28.8 Å². The molecule has 0 aromatic heterocycles. The fraction of sp³-hybridized carbons (Fsp3) is 0.227. The van der Waals surface area contributed by atoms with Crippen molar-refractivity contribution in [1.82, 2.24) is 10.2 Å². The fourth-order valence-electron chi connectivity index (χ4n) is 2.92. The van der Waals surface area contributed by atoms with E-state index in [1.807, 2.05) is 24.3 Å². The molecule has 3 rings (SSSR count). The zero-order valence-electron chi connectivity index (χ0n) is 16.8. The Bertz CT molecular complexity index is 1020. The number of carbonyl (C=O) groups is 2. The number of carbonyl (C=O) groups excluding carboxylic acids is 2. The number of ether oxygens (including phenoxy) is 1. The molecule has 7 nitrogen and oxygen atoms in total. The van der Waals surface area contributed by atoms with Crippen LogP contribution in [-0.4, -0.2) is 51.4 Å². The van der Waals surface area contributed by atoms with Gasteiger partial charge < -0.3 is 20.3 Å². The number of methoxy groups -OCH3 is 1. The van der Waals surface area contributed by atoms with Crippen molar-refractivity contribution in [3.8, 4) is 17.2 Å². The van der Waals surface area contributed by atoms with Crippen LogP contribution < -0.4 is 10.1 Å². The second kappa shape index (κ2) is 10.3. The summed E-state index contributed by atoms with van der Waals surface area (Å²) in [5, 5.41) is 21.6. The predicted molar refractivity (Wildman–Crippen MR) is 124 cm³/mol. The maximum atomic E-state index is 12.7. The SMILES string of the molecule is COc1ccc(/C=C2/SC(=S)N(CCC(=O)NCCc3ccc(O)c(O)c3)C2=O)cc1. The zero-order chi connectivity index (χ0) is 22.4. The summed E-state index contributed by atoms with van der Waals surface area (Å²) in [6, 6.07) is 11.9. The largest absolute Gasteiger partial charge is 0.504 e. The predicted octanol–water partition coefficient (Wildman–Crippen LogP) is 3.06. The van der Waals surface area contributed by atoms with Crippen LogP contribution in [0.3, 0.4) is 0 Å². The molecule has 0 bridgehead atoms. The topological polar surface area (TPSA) is 99.1 Å². The number of nitrogens with one attached hydrogen (secondary N) is 1. The van der Waals surface area contributed by atoms with Crippen molar-refractivity contribution in [2.24, 2.45) is 0 Å².